The minimum absolute atomic E-state index is 0.0787. The average Bonchev–Trinajstić information content (AvgIpc) is 2.93. The fraction of sp³-hybridized carbons (Fsp3) is 0.333. The smallest absolute Gasteiger partial charge is 0.337 e. The number of fused-ring (bicyclic) bond motifs is 1. The van der Waals surface area contributed by atoms with Crippen molar-refractivity contribution in [2.45, 2.75) is 29.8 Å². The average molecular weight is 613 g/mol. The Balaban J connectivity index is 0.000000663. The van der Waals surface area contributed by atoms with Crippen LogP contribution in [0.1, 0.15) is 22.8 Å². The molecule has 2 atom stereocenters. The lowest BCUT2D eigenvalue weighted by atomic mass is 9.82. The lowest BCUT2D eigenvalue weighted by Crippen LogP contribution is -2.68. The number of morpholine rings is 1. The molecule has 214 valence electrons. The number of para-hydroxylation sites is 1. The van der Waals surface area contributed by atoms with E-state index in [1.54, 1.807) is 43.3 Å². The summed E-state index contributed by atoms with van der Waals surface area (Å²) in [5, 5.41) is 22.3. The number of alkyl halides is 2. The summed E-state index contributed by atoms with van der Waals surface area (Å²) in [7, 11) is 0. The highest BCUT2D eigenvalue weighted by Gasteiger charge is 2.48. The zero-order valence-corrected chi connectivity index (χ0v) is 23.7. The Kier molecular flexibility index (Phi) is 11.0. The standard InChI is InChI=1S/C25H26ClN3O5.C2H2Cl2O2/c1-16(29-10-12-34-13-11-29)25(24(32)33,28-23(31)17-6-8-19(26)9-7-17)15-18-14-22(30)27-21-5-3-2-4-20(18)21;3-1(4)2(5)6/h2-9,14,16H,10-13,15H2,1H3,(H,27,30)(H,28,31)(H,32,33);1H,(H,5,6). The number of carbonyl (C=O) groups excluding carboxylic acids is 1. The van der Waals surface area contributed by atoms with Crippen molar-refractivity contribution in [3.05, 3.63) is 81.1 Å². The van der Waals surface area contributed by atoms with Crippen LogP contribution < -0.4 is 10.9 Å². The Morgan fingerprint density at radius 2 is 1.68 bits per heavy atom. The van der Waals surface area contributed by atoms with E-state index in [4.69, 9.17) is 44.6 Å². The number of halogens is 3. The number of carboxylic acid groups (broad SMARTS) is 2. The summed E-state index contributed by atoms with van der Waals surface area (Å²) in [6.45, 7) is 3.79. The summed E-state index contributed by atoms with van der Waals surface area (Å²) in [5.74, 6) is -2.93. The maximum atomic E-state index is 13.3. The maximum absolute atomic E-state index is 13.3. The number of ether oxygens (including phenoxy) is 1. The van der Waals surface area contributed by atoms with Gasteiger partial charge in [0.05, 0.1) is 13.2 Å². The van der Waals surface area contributed by atoms with Gasteiger partial charge in [0.15, 0.2) is 5.54 Å². The molecule has 0 radical (unpaired) electrons. The van der Waals surface area contributed by atoms with Gasteiger partial charge in [0, 0.05) is 53.1 Å². The van der Waals surface area contributed by atoms with Crippen molar-refractivity contribution in [2.24, 2.45) is 0 Å². The Hall–Kier alpha value is -3.15. The molecule has 0 saturated carbocycles. The van der Waals surface area contributed by atoms with Crippen LogP contribution in [-0.2, 0) is 20.7 Å². The Morgan fingerprint density at radius 3 is 2.25 bits per heavy atom. The van der Waals surface area contributed by atoms with Crippen LogP contribution >= 0.6 is 34.8 Å². The van der Waals surface area contributed by atoms with Gasteiger partial charge in [-0.15, -0.1) is 0 Å². The van der Waals surface area contributed by atoms with Crippen molar-refractivity contribution < 1.29 is 29.3 Å². The third-order valence-electron chi connectivity index (χ3n) is 6.62. The number of aliphatic carboxylic acids is 2. The number of hydrogen-bond acceptors (Lipinski definition) is 6. The highest BCUT2D eigenvalue weighted by molar-refractivity contribution is 6.52. The molecular weight excluding hydrogens is 585 g/mol. The van der Waals surface area contributed by atoms with Crippen LogP contribution in [0.25, 0.3) is 10.9 Å². The molecule has 2 unspecified atom stereocenters. The monoisotopic (exact) mass is 611 g/mol. The molecule has 1 amide bonds. The second-order valence-corrected chi connectivity index (χ2v) is 10.6. The van der Waals surface area contributed by atoms with Crippen molar-refractivity contribution in [3.8, 4) is 0 Å². The second-order valence-electron chi connectivity index (χ2n) is 9.08. The zero-order valence-electron chi connectivity index (χ0n) is 21.4. The van der Waals surface area contributed by atoms with Gasteiger partial charge in [-0.25, -0.2) is 9.59 Å². The van der Waals surface area contributed by atoms with Gasteiger partial charge in [-0.05, 0) is 42.8 Å². The highest BCUT2D eigenvalue weighted by Crippen LogP contribution is 2.27. The summed E-state index contributed by atoms with van der Waals surface area (Å²) in [6, 6.07) is 14.3. The van der Waals surface area contributed by atoms with E-state index in [2.05, 4.69) is 10.3 Å². The van der Waals surface area contributed by atoms with Crippen LogP contribution in [0, 0.1) is 0 Å². The van der Waals surface area contributed by atoms with E-state index in [9.17, 15) is 24.3 Å². The van der Waals surface area contributed by atoms with Crippen molar-refractivity contribution in [1.82, 2.24) is 15.2 Å². The molecule has 4 N–H and O–H groups in total. The van der Waals surface area contributed by atoms with E-state index in [0.717, 1.165) is 5.39 Å². The minimum Gasteiger partial charge on any atom is -0.479 e. The Morgan fingerprint density at radius 1 is 1.07 bits per heavy atom. The highest BCUT2D eigenvalue weighted by atomic mass is 35.5. The third kappa shape index (κ3) is 7.74. The van der Waals surface area contributed by atoms with Crippen LogP contribution in [0.4, 0.5) is 0 Å². The predicted molar refractivity (Wildman–Crippen MR) is 153 cm³/mol. The zero-order chi connectivity index (χ0) is 29.4. The van der Waals surface area contributed by atoms with Crippen LogP contribution in [0.3, 0.4) is 0 Å². The number of carboxylic acids is 2. The molecule has 0 aliphatic carbocycles. The van der Waals surface area contributed by atoms with Crippen molar-refractivity contribution in [2.75, 3.05) is 26.3 Å². The number of aromatic amines is 1. The summed E-state index contributed by atoms with van der Waals surface area (Å²) >= 11 is 15.5. The summed E-state index contributed by atoms with van der Waals surface area (Å²) in [4.78, 5) is 51.5. The van der Waals surface area contributed by atoms with Gasteiger partial charge in [0.2, 0.25) is 10.4 Å². The van der Waals surface area contributed by atoms with Gasteiger partial charge in [0.25, 0.3) is 5.91 Å². The molecular formula is C27H28Cl3N3O7. The lowest BCUT2D eigenvalue weighted by molar-refractivity contribution is -0.148. The normalized spacial score (nSPS) is 15.9. The van der Waals surface area contributed by atoms with Crippen LogP contribution in [-0.4, -0.2) is 80.7 Å². The van der Waals surface area contributed by atoms with E-state index >= 15 is 0 Å². The molecule has 1 saturated heterocycles. The number of benzene rings is 2. The first-order valence-electron chi connectivity index (χ1n) is 12.2. The van der Waals surface area contributed by atoms with Crippen LogP contribution in [0.15, 0.2) is 59.4 Å². The molecule has 3 aromatic rings. The number of aromatic nitrogens is 1. The number of amides is 1. The first-order valence-corrected chi connectivity index (χ1v) is 13.4. The molecule has 1 fully saturated rings. The van der Waals surface area contributed by atoms with Crippen LogP contribution in [0.2, 0.25) is 5.02 Å². The first kappa shape index (κ1) is 31.4. The fourth-order valence-corrected chi connectivity index (χ4v) is 4.61. The molecule has 0 spiro atoms. The Labute approximate surface area is 244 Å². The number of nitrogens with one attached hydrogen (secondary N) is 2. The quantitative estimate of drug-likeness (QED) is 0.282. The molecule has 0 bridgehead atoms. The molecule has 13 heteroatoms. The van der Waals surface area contributed by atoms with Gasteiger partial charge in [0.1, 0.15) is 0 Å². The minimum atomic E-state index is -1.72. The van der Waals surface area contributed by atoms with Crippen molar-refractivity contribution >= 4 is 63.6 Å². The van der Waals surface area contributed by atoms with Crippen molar-refractivity contribution in [3.63, 3.8) is 0 Å². The SMILES string of the molecule is CC(N1CCOCC1)C(Cc1cc(=O)[nH]c2ccccc12)(NC(=O)c1ccc(Cl)cc1)C(=O)O.O=C(O)C(Cl)Cl. The van der Waals surface area contributed by atoms with E-state index in [1.807, 2.05) is 17.0 Å². The number of rotatable bonds is 8. The number of hydrogen-bond donors (Lipinski definition) is 4. The summed E-state index contributed by atoms with van der Waals surface area (Å²) in [6.07, 6.45) is -0.0787. The van der Waals surface area contributed by atoms with Gasteiger partial charge in [-0.1, -0.05) is 53.0 Å². The Bertz CT molecular complexity index is 1410. The van der Waals surface area contributed by atoms with Gasteiger partial charge < -0.3 is 25.3 Å². The predicted octanol–water partition coefficient (Wildman–Crippen LogP) is 3.57. The van der Waals surface area contributed by atoms with Gasteiger partial charge in [-0.3, -0.25) is 14.5 Å². The summed E-state index contributed by atoms with van der Waals surface area (Å²) < 4.78 is 5.44. The van der Waals surface area contributed by atoms with Crippen molar-refractivity contribution in [1.29, 1.82) is 0 Å². The lowest BCUT2D eigenvalue weighted by Gasteiger charge is -2.43. The molecule has 1 aliphatic heterocycles. The fourth-order valence-electron chi connectivity index (χ4n) is 4.48. The topological polar surface area (TPSA) is 149 Å². The van der Waals surface area contributed by atoms with E-state index < -0.39 is 34.3 Å². The van der Waals surface area contributed by atoms with Crippen LogP contribution in [0.5, 0.6) is 0 Å². The number of nitrogens with zero attached hydrogens (tertiary/aromatic N) is 1. The third-order valence-corrected chi connectivity index (χ3v) is 7.25. The van der Waals surface area contributed by atoms with E-state index in [0.29, 0.717) is 48.0 Å². The maximum Gasteiger partial charge on any atom is 0.337 e. The van der Waals surface area contributed by atoms with E-state index in [-0.39, 0.29) is 12.0 Å². The number of carbonyl (C=O) groups is 3. The molecule has 2 heterocycles. The van der Waals surface area contributed by atoms with Gasteiger partial charge in [-0.2, -0.15) is 0 Å². The number of pyridine rings is 1. The molecule has 4 rings (SSSR count). The van der Waals surface area contributed by atoms with E-state index in [1.165, 1.54) is 6.07 Å². The molecule has 2 aromatic carbocycles. The molecule has 10 nitrogen and oxygen atoms in total. The van der Waals surface area contributed by atoms with Gasteiger partial charge >= 0.3 is 11.9 Å². The molecule has 40 heavy (non-hydrogen) atoms. The second kappa shape index (κ2) is 14.0. The largest absolute Gasteiger partial charge is 0.479 e. The number of H-pyrrole nitrogens is 1. The molecule has 1 aliphatic rings. The first-order chi connectivity index (χ1) is 18.9. The molecule has 1 aromatic heterocycles. The summed E-state index contributed by atoms with van der Waals surface area (Å²) in [5.41, 5.74) is -0.619.